The minimum absolute atomic E-state index is 0.0701. The van der Waals surface area contributed by atoms with Crippen LogP contribution in [0.3, 0.4) is 0 Å². The highest BCUT2D eigenvalue weighted by molar-refractivity contribution is 7.92. The van der Waals surface area contributed by atoms with Gasteiger partial charge in [0.1, 0.15) is 0 Å². The van der Waals surface area contributed by atoms with Gasteiger partial charge in [-0.25, -0.2) is 8.42 Å². The van der Waals surface area contributed by atoms with Gasteiger partial charge in [0.25, 0.3) is 10.0 Å². The third kappa shape index (κ3) is 3.24. The summed E-state index contributed by atoms with van der Waals surface area (Å²) in [5.74, 6) is -1.41. The van der Waals surface area contributed by atoms with Crippen molar-refractivity contribution in [1.29, 1.82) is 0 Å². The fourth-order valence-electron chi connectivity index (χ4n) is 3.91. The molecule has 0 saturated carbocycles. The topological polar surface area (TPSA) is 104 Å². The van der Waals surface area contributed by atoms with Crippen molar-refractivity contribution >= 4 is 33.3 Å². The standard InChI is InChI=1S/C20H20N2O5S/c23-19-7-3-4-13-10-15(8-9-17(13)21-19)28(26,27)22-12-14(11-20(24)25)16-5-1-2-6-18(16)22/h1-2,5-6,8-10,14H,3-4,7,11-12H2,(H,21,23)(H,24,25). The number of para-hydroxylation sites is 1. The van der Waals surface area contributed by atoms with Gasteiger partial charge in [0.15, 0.2) is 0 Å². The van der Waals surface area contributed by atoms with Crippen molar-refractivity contribution < 1.29 is 23.1 Å². The van der Waals surface area contributed by atoms with Crippen LogP contribution in [0.2, 0.25) is 0 Å². The largest absolute Gasteiger partial charge is 0.481 e. The van der Waals surface area contributed by atoms with E-state index in [1.54, 1.807) is 36.4 Å². The van der Waals surface area contributed by atoms with E-state index in [9.17, 15) is 23.1 Å². The number of hydrogen-bond acceptors (Lipinski definition) is 4. The molecule has 2 aliphatic rings. The molecule has 7 nitrogen and oxygen atoms in total. The van der Waals surface area contributed by atoms with Crippen LogP contribution >= 0.6 is 0 Å². The second-order valence-corrected chi connectivity index (χ2v) is 8.97. The summed E-state index contributed by atoms with van der Waals surface area (Å²) in [7, 11) is -3.85. The van der Waals surface area contributed by atoms with E-state index < -0.39 is 16.0 Å². The number of hydrogen-bond donors (Lipinski definition) is 2. The fourth-order valence-corrected chi connectivity index (χ4v) is 5.50. The van der Waals surface area contributed by atoms with Gasteiger partial charge in [-0.1, -0.05) is 18.2 Å². The summed E-state index contributed by atoms with van der Waals surface area (Å²) in [6.45, 7) is 0.0990. The van der Waals surface area contributed by atoms with Crippen molar-refractivity contribution in [3.05, 3.63) is 53.6 Å². The van der Waals surface area contributed by atoms with Crippen molar-refractivity contribution in [2.24, 2.45) is 0 Å². The molecule has 1 atom stereocenters. The van der Waals surface area contributed by atoms with Gasteiger partial charge >= 0.3 is 5.97 Å². The summed E-state index contributed by atoms with van der Waals surface area (Å²) < 4.78 is 28.0. The van der Waals surface area contributed by atoms with E-state index in [1.165, 1.54) is 10.4 Å². The number of carboxylic acid groups (broad SMARTS) is 1. The Balaban J connectivity index is 1.72. The third-order valence-corrected chi connectivity index (χ3v) is 7.02. The Kier molecular flexibility index (Phi) is 4.58. The van der Waals surface area contributed by atoms with Gasteiger partial charge in [-0.2, -0.15) is 0 Å². The van der Waals surface area contributed by atoms with Gasteiger partial charge in [0, 0.05) is 24.6 Å². The third-order valence-electron chi connectivity index (χ3n) is 5.24. The van der Waals surface area contributed by atoms with Crippen LogP contribution in [-0.4, -0.2) is 31.9 Å². The summed E-state index contributed by atoms with van der Waals surface area (Å²) in [4.78, 5) is 23.1. The van der Waals surface area contributed by atoms with E-state index in [4.69, 9.17) is 0 Å². The highest BCUT2D eigenvalue weighted by Crippen LogP contribution is 2.41. The van der Waals surface area contributed by atoms with Gasteiger partial charge in [-0.3, -0.25) is 13.9 Å². The summed E-state index contributed by atoms with van der Waals surface area (Å²) in [6, 6.07) is 11.8. The van der Waals surface area contributed by atoms with E-state index in [2.05, 4.69) is 5.32 Å². The zero-order valence-electron chi connectivity index (χ0n) is 15.1. The molecule has 2 heterocycles. The molecular formula is C20H20N2O5S. The molecule has 2 aromatic rings. The molecule has 28 heavy (non-hydrogen) atoms. The Morgan fingerprint density at radius 2 is 1.96 bits per heavy atom. The molecule has 0 aliphatic carbocycles. The van der Waals surface area contributed by atoms with Gasteiger partial charge in [0.05, 0.1) is 17.0 Å². The molecule has 1 amide bonds. The van der Waals surface area contributed by atoms with Crippen molar-refractivity contribution in [2.75, 3.05) is 16.2 Å². The Bertz CT molecular complexity index is 1060. The quantitative estimate of drug-likeness (QED) is 0.821. The number of carbonyl (C=O) groups is 2. The zero-order valence-corrected chi connectivity index (χ0v) is 15.9. The number of carboxylic acids is 1. The lowest BCUT2D eigenvalue weighted by Crippen LogP contribution is -2.30. The lowest BCUT2D eigenvalue weighted by Gasteiger charge is -2.21. The highest BCUT2D eigenvalue weighted by Gasteiger charge is 2.37. The number of fused-ring (bicyclic) bond motifs is 2. The van der Waals surface area contributed by atoms with Gasteiger partial charge in [0.2, 0.25) is 5.91 Å². The van der Waals surface area contributed by atoms with Crippen LogP contribution < -0.4 is 9.62 Å². The maximum atomic E-state index is 13.4. The molecule has 0 saturated heterocycles. The van der Waals surface area contributed by atoms with Crippen LogP contribution in [0.1, 0.15) is 36.3 Å². The van der Waals surface area contributed by atoms with Gasteiger partial charge < -0.3 is 10.4 Å². The van der Waals surface area contributed by atoms with E-state index in [0.717, 1.165) is 11.1 Å². The van der Waals surface area contributed by atoms with Crippen molar-refractivity contribution in [2.45, 2.75) is 36.5 Å². The molecule has 0 spiro atoms. The zero-order chi connectivity index (χ0) is 19.9. The second kappa shape index (κ2) is 6.94. The minimum Gasteiger partial charge on any atom is -0.481 e. The molecule has 0 bridgehead atoms. The Morgan fingerprint density at radius 3 is 2.75 bits per heavy atom. The second-order valence-electron chi connectivity index (χ2n) is 7.11. The molecule has 2 N–H and O–H groups in total. The average Bonchev–Trinajstić information content (AvgIpc) is 2.90. The van der Waals surface area contributed by atoms with E-state index in [1.807, 2.05) is 0 Å². The predicted molar refractivity (Wildman–Crippen MR) is 104 cm³/mol. The number of sulfonamides is 1. The Hall–Kier alpha value is -2.87. The van der Waals surface area contributed by atoms with Crippen LogP contribution in [0.25, 0.3) is 0 Å². The lowest BCUT2D eigenvalue weighted by atomic mass is 9.98. The van der Waals surface area contributed by atoms with Gasteiger partial charge in [-0.05, 0) is 48.2 Å². The highest BCUT2D eigenvalue weighted by atomic mass is 32.2. The van der Waals surface area contributed by atoms with Crippen LogP contribution in [0.4, 0.5) is 11.4 Å². The molecule has 146 valence electrons. The normalized spacial score (nSPS) is 18.8. The fraction of sp³-hybridized carbons (Fsp3) is 0.300. The first-order valence-corrected chi connectivity index (χ1v) is 10.6. The first-order chi connectivity index (χ1) is 13.4. The first-order valence-electron chi connectivity index (χ1n) is 9.12. The van der Waals surface area contributed by atoms with Crippen LogP contribution in [0, 0.1) is 0 Å². The maximum Gasteiger partial charge on any atom is 0.304 e. The molecule has 1 unspecified atom stereocenters. The smallest absolute Gasteiger partial charge is 0.304 e. The van der Waals surface area contributed by atoms with Gasteiger partial charge in [-0.15, -0.1) is 0 Å². The lowest BCUT2D eigenvalue weighted by molar-refractivity contribution is -0.137. The van der Waals surface area contributed by atoms with Crippen molar-refractivity contribution in [3.63, 3.8) is 0 Å². The number of anilines is 2. The number of carbonyl (C=O) groups excluding carboxylic acids is 1. The number of nitrogens with one attached hydrogen (secondary N) is 1. The number of rotatable bonds is 4. The van der Waals surface area contributed by atoms with E-state index in [-0.39, 0.29) is 29.7 Å². The van der Waals surface area contributed by atoms with Crippen molar-refractivity contribution in [1.82, 2.24) is 0 Å². The number of amides is 1. The predicted octanol–water partition coefficient (Wildman–Crippen LogP) is 2.73. The summed E-state index contributed by atoms with van der Waals surface area (Å²) in [6.07, 6.45) is 1.57. The molecule has 2 aromatic carbocycles. The number of aliphatic carboxylic acids is 1. The molecular weight excluding hydrogens is 380 g/mol. The molecule has 0 aromatic heterocycles. The molecule has 4 rings (SSSR count). The van der Waals surface area contributed by atoms with Crippen LogP contribution in [0.5, 0.6) is 0 Å². The first kappa shape index (κ1) is 18.5. The maximum absolute atomic E-state index is 13.4. The van der Waals surface area contributed by atoms with Crippen LogP contribution in [0.15, 0.2) is 47.4 Å². The van der Waals surface area contributed by atoms with Crippen molar-refractivity contribution in [3.8, 4) is 0 Å². The average molecular weight is 400 g/mol. The molecule has 2 aliphatic heterocycles. The molecule has 8 heteroatoms. The molecule has 0 radical (unpaired) electrons. The Labute approximate surface area is 163 Å². The summed E-state index contributed by atoms with van der Waals surface area (Å²) in [5, 5.41) is 12.0. The summed E-state index contributed by atoms with van der Waals surface area (Å²) in [5.41, 5.74) is 2.70. The van der Waals surface area contributed by atoms with E-state index in [0.29, 0.717) is 30.6 Å². The van der Waals surface area contributed by atoms with E-state index >= 15 is 0 Å². The summed E-state index contributed by atoms with van der Waals surface area (Å²) >= 11 is 0. The minimum atomic E-state index is -3.85. The monoisotopic (exact) mass is 400 g/mol. The SMILES string of the molecule is O=C(O)CC1CN(S(=O)(=O)c2ccc3c(c2)CCCC(=O)N3)c2ccccc21. The number of benzene rings is 2. The number of aryl methyl sites for hydroxylation is 1. The number of nitrogens with zero attached hydrogens (tertiary/aromatic N) is 1. The Morgan fingerprint density at radius 1 is 1.18 bits per heavy atom. The molecule has 0 fully saturated rings. The van der Waals surface area contributed by atoms with Crippen LogP contribution in [-0.2, 0) is 26.0 Å².